The largest absolute Gasteiger partial charge is 0.420 e. The van der Waals surface area contributed by atoms with Gasteiger partial charge in [0, 0.05) is 6.07 Å². The molecule has 1 saturated carbocycles. The second kappa shape index (κ2) is 7.12. The molecule has 2 aromatic rings. The number of hydrogen-bond donors (Lipinski definition) is 0. The predicted octanol–water partition coefficient (Wildman–Crippen LogP) is 5.48. The normalized spacial score (nSPS) is 20.6. The smallest absolute Gasteiger partial charge is 0.343 e. The summed E-state index contributed by atoms with van der Waals surface area (Å²) in [6.07, 6.45) is 4.81. The first-order valence-corrected chi connectivity index (χ1v) is 8.30. The maximum Gasteiger partial charge on any atom is 0.343 e. The van der Waals surface area contributed by atoms with Crippen molar-refractivity contribution < 1.29 is 18.3 Å². The van der Waals surface area contributed by atoms with Crippen LogP contribution in [0.3, 0.4) is 0 Å². The number of esters is 1. The topological polar surface area (TPSA) is 26.3 Å². The molecule has 0 bridgehead atoms. The minimum Gasteiger partial charge on any atom is -0.420 e. The van der Waals surface area contributed by atoms with Gasteiger partial charge in [-0.05, 0) is 54.5 Å². The highest BCUT2D eigenvalue weighted by Gasteiger charge is 2.20. The molecule has 0 atom stereocenters. The summed E-state index contributed by atoms with van der Waals surface area (Å²) in [6.45, 7) is 2.28. The van der Waals surface area contributed by atoms with Crippen molar-refractivity contribution in [1.29, 1.82) is 0 Å². The Morgan fingerprint density at radius 2 is 1.67 bits per heavy atom. The molecule has 2 aromatic carbocycles. The molecule has 0 radical (unpaired) electrons. The van der Waals surface area contributed by atoms with Gasteiger partial charge in [-0.2, -0.15) is 0 Å². The zero-order chi connectivity index (χ0) is 17.1. The van der Waals surface area contributed by atoms with E-state index in [0.717, 1.165) is 18.1 Å². The van der Waals surface area contributed by atoms with Crippen LogP contribution in [0.15, 0.2) is 42.5 Å². The lowest BCUT2D eigenvalue weighted by Crippen LogP contribution is -2.12. The third-order valence-corrected chi connectivity index (χ3v) is 4.73. The molecule has 2 nitrogen and oxygen atoms in total. The molecule has 0 amide bonds. The van der Waals surface area contributed by atoms with Gasteiger partial charge in [-0.25, -0.2) is 13.6 Å². The van der Waals surface area contributed by atoms with Crippen LogP contribution >= 0.6 is 0 Å². The Bertz CT molecular complexity index is 717. The minimum atomic E-state index is -0.892. The van der Waals surface area contributed by atoms with Gasteiger partial charge in [-0.1, -0.05) is 31.9 Å². The summed E-state index contributed by atoms with van der Waals surface area (Å²) in [6, 6.07) is 10.2. The molecule has 4 heteroatoms. The first-order chi connectivity index (χ1) is 11.5. The number of benzene rings is 2. The van der Waals surface area contributed by atoms with Gasteiger partial charge in [-0.3, -0.25) is 0 Å². The zero-order valence-corrected chi connectivity index (χ0v) is 13.6. The fourth-order valence-electron chi connectivity index (χ4n) is 3.20. The lowest BCUT2D eigenvalue weighted by Gasteiger charge is -2.26. The summed E-state index contributed by atoms with van der Waals surface area (Å²) in [5, 5.41) is 0. The van der Waals surface area contributed by atoms with Gasteiger partial charge in [-0.15, -0.1) is 0 Å². The zero-order valence-electron chi connectivity index (χ0n) is 13.6. The van der Waals surface area contributed by atoms with Crippen LogP contribution in [0.2, 0.25) is 0 Å². The number of halogens is 2. The number of hydrogen-bond acceptors (Lipinski definition) is 2. The predicted molar refractivity (Wildman–Crippen MR) is 88.1 cm³/mol. The third-order valence-electron chi connectivity index (χ3n) is 4.73. The van der Waals surface area contributed by atoms with E-state index >= 15 is 0 Å². The van der Waals surface area contributed by atoms with Gasteiger partial charge in [0.15, 0.2) is 11.6 Å². The third kappa shape index (κ3) is 3.81. The summed E-state index contributed by atoms with van der Waals surface area (Å²) >= 11 is 0. The van der Waals surface area contributed by atoms with Gasteiger partial charge in [0.05, 0.1) is 5.56 Å². The highest BCUT2D eigenvalue weighted by atomic mass is 19.1. The quantitative estimate of drug-likeness (QED) is 0.550. The van der Waals surface area contributed by atoms with Crippen molar-refractivity contribution in [2.45, 2.75) is 38.5 Å². The summed E-state index contributed by atoms with van der Waals surface area (Å²) in [4.78, 5) is 12.1. The fraction of sp³-hybridized carbons (Fsp3) is 0.350. The van der Waals surface area contributed by atoms with E-state index in [4.69, 9.17) is 4.74 Å². The average Bonchev–Trinajstić information content (AvgIpc) is 2.58. The SMILES string of the molecule is CC1CCC(c2ccc(C(=O)Oc3ccc(F)cc3F)cc2)CC1. The van der Waals surface area contributed by atoms with E-state index in [1.165, 1.54) is 31.2 Å². The van der Waals surface area contributed by atoms with Gasteiger partial charge in [0.2, 0.25) is 0 Å². The highest BCUT2D eigenvalue weighted by Crippen LogP contribution is 2.35. The molecule has 3 rings (SSSR count). The molecular formula is C20H20F2O2. The maximum absolute atomic E-state index is 13.5. The maximum atomic E-state index is 13.5. The van der Waals surface area contributed by atoms with Crippen molar-refractivity contribution in [3.8, 4) is 5.75 Å². The van der Waals surface area contributed by atoms with Gasteiger partial charge < -0.3 is 4.74 Å². The monoisotopic (exact) mass is 330 g/mol. The van der Waals surface area contributed by atoms with Crippen molar-refractivity contribution in [2.24, 2.45) is 5.92 Å². The molecule has 0 spiro atoms. The first kappa shape index (κ1) is 16.6. The van der Waals surface area contributed by atoms with Gasteiger partial charge in [0.25, 0.3) is 0 Å². The van der Waals surface area contributed by atoms with Crippen LogP contribution in [0.1, 0.15) is 54.4 Å². The summed E-state index contributed by atoms with van der Waals surface area (Å²) in [5.74, 6) is -1.19. The molecule has 24 heavy (non-hydrogen) atoms. The van der Waals surface area contributed by atoms with E-state index in [9.17, 15) is 13.6 Å². The number of carbonyl (C=O) groups is 1. The van der Waals surface area contributed by atoms with E-state index in [-0.39, 0.29) is 5.75 Å². The number of ether oxygens (including phenoxy) is 1. The Kier molecular flexibility index (Phi) is 4.93. The molecule has 1 aliphatic rings. The van der Waals surface area contributed by atoms with E-state index < -0.39 is 17.6 Å². The molecular weight excluding hydrogens is 310 g/mol. The summed E-state index contributed by atoms with van der Waals surface area (Å²) in [7, 11) is 0. The molecule has 126 valence electrons. The second-order valence-electron chi connectivity index (χ2n) is 6.54. The van der Waals surface area contributed by atoms with Crippen molar-refractivity contribution in [3.05, 3.63) is 65.2 Å². The van der Waals surface area contributed by atoms with Crippen LogP contribution in [-0.4, -0.2) is 5.97 Å². The lowest BCUT2D eigenvalue weighted by molar-refractivity contribution is 0.0727. The number of rotatable bonds is 3. The van der Waals surface area contributed by atoms with Crippen molar-refractivity contribution in [3.63, 3.8) is 0 Å². The van der Waals surface area contributed by atoms with E-state index in [1.807, 2.05) is 12.1 Å². The highest BCUT2D eigenvalue weighted by molar-refractivity contribution is 5.91. The molecule has 1 aliphatic carbocycles. The summed E-state index contributed by atoms with van der Waals surface area (Å²) in [5.41, 5.74) is 1.58. The molecule has 1 fully saturated rings. The van der Waals surface area contributed by atoms with E-state index in [1.54, 1.807) is 12.1 Å². The fourth-order valence-corrected chi connectivity index (χ4v) is 3.20. The first-order valence-electron chi connectivity index (χ1n) is 8.30. The molecule has 0 aliphatic heterocycles. The Hall–Kier alpha value is -2.23. The summed E-state index contributed by atoms with van der Waals surface area (Å²) < 4.78 is 31.4. The Labute approximate surface area is 140 Å². The molecule has 0 saturated heterocycles. The van der Waals surface area contributed by atoms with Crippen molar-refractivity contribution in [2.75, 3.05) is 0 Å². The van der Waals surface area contributed by atoms with Crippen molar-refractivity contribution in [1.82, 2.24) is 0 Å². The Balaban J connectivity index is 1.67. The van der Waals surface area contributed by atoms with E-state index in [2.05, 4.69) is 6.92 Å². The number of carbonyl (C=O) groups excluding carboxylic acids is 1. The van der Waals surface area contributed by atoms with Crippen LogP contribution in [0.5, 0.6) is 5.75 Å². The van der Waals surface area contributed by atoms with Crippen LogP contribution in [0.25, 0.3) is 0 Å². The van der Waals surface area contributed by atoms with Gasteiger partial charge >= 0.3 is 5.97 Å². The molecule has 0 heterocycles. The lowest BCUT2D eigenvalue weighted by atomic mass is 9.79. The molecule has 0 aromatic heterocycles. The van der Waals surface area contributed by atoms with Crippen LogP contribution in [0.4, 0.5) is 8.78 Å². The molecule has 0 unspecified atom stereocenters. The van der Waals surface area contributed by atoms with Crippen LogP contribution in [-0.2, 0) is 0 Å². The van der Waals surface area contributed by atoms with Crippen LogP contribution < -0.4 is 4.74 Å². The van der Waals surface area contributed by atoms with E-state index in [0.29, 0.717) is 17.5 Å². The molecule has 0 N–H and O–H groups in total. The Morgan fingerprint density at radius 1 is 1.00 bits per heavy atom. The van der Waals surface area contributed by atoms with Crippen LogP contribution in [0, 0.1) is 17.6 Å². The van der Waals surface area contributed by atoms with Crippen molar-refractivity contribution >= 4 is 5.97 Å². The minimum absolute atomic E-state index is 0.272. The second-order valence-corrected chi connectivity index (χ2v) is 6.54. The average molecular weight is 330 g/mol. The standard InChI is InChI=1S/C20H20F2O2/c1-13-2-4-14(5-3-13)15-6-8-16(9-7-15)20(23)24-19-11-10-17(21)12-18(19)22/h6-14H,2-5H2,1H3. The van der Waals surface area contributed by atoms with Gasteiger partial charge in [0.1, 0.15) is 5.82 Å². The Morgan fingerprint density at radius 3 is 2.29 bits per heavy atom.